The van der Waals surface area contributed by atoms with Crippen molar-refractivity contribution in [1.29, 1.82) is 0 Å². The molecule has 1 atom stereocenters. The molecule has 1 aliphatic heterocycles. The minimum absolute atomic E-state index is 0. The zero-order valence-electron chi connectivity index (χ0n) is 14.9. The van der Waals surface area contributed by atoms with Crippen molar-refractivity contribution in [2.24, 2.45) is 0 Å². The summed E-state index contributed by atoms with van der Waals surface area (Å²) in [6.45, 7) is 6.73. The van der Waals surface area contributed by atoms with Crippen molar-refractivity contribution in [3.05, 3.63) is 0 Å². The number of unbranched alkanes of at least 4 members (excludes halogenated alkanes) is 10. The fraction of sp³-hybridized carbons (Fsp3) is 1.00. The van der Waals surface area contributed by atoms with Gasteiger partial charge in [0.1, 0.15) is 6.61 Å². The van der Waals surface area contributed by atoms with E-state index in [4.69, 9.17) is 4.74 Å². The van der Waals surface area contributed by atoms with E-state index in [2.05, 4.69) is 27.9 Å². The van der Waals surface area contributed by atoms with E-state index >= 15 is 0 Å². The van der Waals surface area contributed by atoms with E-state index in [1.807, 2.05) is 0 Å². The van der Waals surface area contributed by atoms with Gasteiger partial charge < -0.3 is 17.1 Å². The predicted octanol–water partition coefficient (Wildman–Crippen LogP) is 2.12. The van der Waals surface area contributed by atoms with E-state index in [9.17, 15) is 0 Å². The Morgan fingerprint density at radius 3 is 1.57 bits per heavy atom. The molecule has 1 aliphatic rings. The summed E-state index contributed by atoms with van der Waals surface area (Å²) < 4.78 is 6.62. The summed E-state index contributed by atoms with van der Waals surface area (Å²) >= 11 is 0. The number of nitrogens with zero attached hydrogens (tertiary/aromatic N) is 1. The molecule has 0 N–H and O–H groups in total. The molecule has 21 heavy (non-hydrogen) atoms. The molecule has 0 aromatic heterocycles. The lowest BCUT2D eigenvalue weighted by molar-refractivity contribution is -0.935. The maximum absolute atomic E-state index is 5.58. The first-order valence-corrected chi connectivity index (χ1v) is 8.99. The van der Waals surface area contributed by atoms with E-state index in [1.54, 1.807) is 0 Å². The third-order valence-corrected chi connectivity index (χ3v) is 5.16. The molecule has 1 unspecified atom stereocenters. The highest BCUT2D eigenvalue weighted by molar-refractivity contribution is 4.75. The monoisotopic (exact) mass is 319 g/mol. The molecule has 128 valence electrons. The molecule has 0 aromatic carbocycles. The summed E-state index contributed by atoms with van der Waals surface area (Å²) in [5.41, 5.74) is 0.124. The smallest absolute Gasteiger partial charge is 0.224 e. The van der Waals surface area contributed by atoms with Crippen molar-refractivity contribution in [2.75, 3.05) is 27.2 Å². The predicted molar refractivity (Wildman–Crippen MR) is 87.8 cm³/mol. The molecular weight excluding hydrogens is 282 g/mol. The van der Waals surface area contributed by atoms with Crippen LogP contribution in [0.5, 0.6) is 0 Å². The Morgan fingerprint density at radius 2 is 1.19 bits per heavy atom. The number of halogens is 1. The zero-order chi connectivity index (χ0) is 14.9. The first-order chi connectivity index (χ1) is 9.52. The van der Waals surface area contributed by atoms with Crippen LogP contribution in [0.15, 0.2) is 0 Å². The van der Waals surface area contributed by atoms with E-state index in [-0.39, 0.29) is 18.1 Å². The lowest BCUT2D eigenvalue weighted by Gasteiger charge is -2.33. The maximum atomic E-state index is 5.58. The molecule has 1 heterocycles. The summed E-state index contributed by atoms with van der Waals surface area (Å²) in [5.74, 6) is 0. The average molecular weight is 320 g/mol. The van der Waals surface area contributed by atoms with E-state index in [0.29, 0.717) is 0 Å². The van der Waals surface area contributed by atoms with Crippen LogP contribution in [0.25, 0.3) is 0 Å². The Hall–Kier alpha value is 0.210. The number of hydrogen-bond donors (Lipinski definition) is 0. The molecule has 0 bridgehead atoms. The van der Waals surface area contributed by atoms with Crippen molar-refractivity contribution in [1.82, 2.24) is 0 Å². The van der Waals surface area contributed by atoms with Gasteiger partial charge in [-0.2, -0.15) is 0 Å². The second-order valence-electron chi connectivity index (χ2n) is 7.41. The van der Waals surface area contributed by atoms with E-state index in [1.165, 1.54) is 77.2 Å². The molecule has 1 saturated heterocycles. The SMILES string of the molecule is CCCCCCCCCCCCC[N+](C)(C)C1(C)CO1.[Cl-]. The number of rotatable bonds is 13. The van der Waals surface area contributed by atoms with Crippen molar-refractivity contribution in [3.8, 4) is 0 Å². The molecule has 0 aliphatic carbocycles. The number of epoxide rings is 1. The normalized spacial score (nSPS) is 21.1. The lowest BCUT2D eigenvalue weighted by Crippen LogP contribution is -3.00. The van der Waals surface area contributed by atoms with Gasteiger partial charge in [-0.05, 0) is 12.8 Å². The zero-order valence-corrected chi connectivity index (χ0v) is 15.7. The molecular formula is C18H38ClNO. The first kappa shape index (κ1) is 21.2. The van der Waals surface area contributed by atoms with Gasteiger partial charge in [0.05, 0.1) is 20.6 Å². The maximum Gasteiger partial charge on any atom is 0.224 e. The highest BCUT2D eigenvalue weighted by Gasteiger charge is 2.53. The van der Waals surface area contributed by atoms with Crippen LogP contribution in [0, 0.1) is 0 Å². The molecule has 0 aromatic rings. The van der Waals surface area contributed by atoms with Crippen LogP contribution in [0.2, 0.25) is 0 Å². The highest BCUT2D eigenvalue weighted by Crippen LogP contribution is 2.35. The van der Waals surface area contributed by atoms with Crippen LogP contribution >= 0.6 is 0 Å². The van der Waals surface area contributed by atoms with E-state index in [0.717, 1.165) is 11.1 Å². The minimum Gasteiger partial charge on any atom is -1.00 e. The fourth-order valence-corrected chi connectivity index (χ4v) is 2.86. The van der Waals surface area contributed by atoms with Gasteiger partial charge in [-0.1, -0.05) is 64.7 Å². The number of ether oxygens (including phenoxy) is 1. The van der Waals surface area contributed by atoms with Crippen molar-refractivity contribution in [2.45, 2.75) is 90.2 Å². The fourth-order valence-electron chi connectivity index (χ4n) is 2.86. The van der Waals surface area contributed by atoms with Crippen molar-refractivity contribution < 1.29 is 21.6 Å². The molecule has 0 amide bonds. The summed E-state index contributed by atoms with van der Waals surface area (Å²) in [7, 11) is 4.62. The van der Waals surface area contributed by atoms with Gasteiger partial charge in [-0.15, -0.1) is 0 Å². The lowest BCUT2D eigenvalue weighted by atomic mass is 10.1. The summed E-state index contributed by atoms with van der Waals surface area (Å²) in [5, 5.41) is 0. The first-order valence-electron chi connectivity index (χ1n) is 8.99. The molecule has 1 rings (SSSR count). The molecule has 0 spiro atoms. The van der Waals surface area contributed by atoms with Crippen molar-refractivity contribution >= 4 is 0 Å². The third kappa shape index (κ3) is 8.42. The van der Waals surface area contributed by atoms with Crippen LogP contribution in [-0.4, -0.2) is 37.5 Å². The van der Waals surface area contributed by atoms with Gasteiger partial charge in [-0.3, -0.25) is 4.48 Å². The summed E-state index contributed by atoms with van der Waals surface area (Å²) in [6.07, 6.45) is 15.7. The molecule has 3 heteroatoms. The van der Waals surface area contributed by atoms with Crippen LogP contribution in [0.3, 0.4) is 0 Å². The van der Waals surface area contributed by atoms with Crippen LogP contribution < -0.4 is 12.4 Å². The number of quaternary nitrogens is 1. The Morgan fingerprint density at radius 1 is 0.810 bits per heavy atom. The second kappa shape index (κ2) is 10.9. The third-order valence-electron chi connectivity index (χ3n) is 5.16. The van der Waals surface area contributed by atoms with Gasteiger partial charge in [-0.25, -0.2) is 0 Å². The highest BCUT2D eigenvalue weighted by atomic mass is 35.5. The second-order valence-corrected chi connectivity index (χ2v) is 7.41. The topological polar surface area (TPSA) is 12.5 Å². The standard InChI is InChI=1S/C18H38NO.ClH/c1-5-6-7-8-9-10-11-12-13-14-15-16-19(3,4)18(2)17-20-18;/h5-17H2,1-4H3;1H/q+1;/p-1. The Labute approximate surface area is 139 Å². The molecule has 1 fully saturated rings. The van der Waals surface area contributed by atoms with Gasteiger partial charge in [0.2, 0.25) is 5.72 Å². The Bertz CT molecular complexity index is 252. The van der Waals surface area contributed by atoms with E-state index < -0.39 is 0 Å². The summed E-state index contributed by atoms with van der Waals surface area (Å²) in [4.78, 5) is 0. The van der Waals surface area contributed by atoms with Gasteiger partial charge in [0.15, 0.2) is 0 Å². The summed E-state index contributed by atoms with van der Waals surface area (Å²) in [6, 6.07) is 0. The van der Waals surface area contributed by atoms with Gasteiger partial charge in [0, 0.05) is 6.92 Å². The largest absolute Gasteiger partial charge is 1.00 e. The minimum atomic E-state index is 0. The average Bonchev–Trinajstić information content (AvgIpc) is 3.16. The molecule has 2 nitrogen and oxygen atoms in total. The molecule has 0 saturated carbocycles. The van der Waals surface area contributed by atoms with Crippen LogP contribution in [0.4, 0.5) is 0 Å². The molecule has 0 radical (unpaired) electrons. The Balaban J connectivity index is 0.00000400. The van der Waals surface area contributed by atoms with Crippen LogP contribution in [0.1, 0.15) is 84.5 Å². The van der Waals surface area contributed by atoms with Crippen LogP contribution in [-0.2, 0) is 4.74 Å². The van der Waals surface area contributed by atoms with Gasteiger partial charge >= 0.3 is 0 Å². The number of likely N-dealkylation sites (N-methyl/N-ethyl adjacent to an activating group) is 1. The number of hydrogen-bond acceptors (Lipinski definition) is 1. The Kier molecular flexibility index (Phi) is 11.0. The quantitative estimate of drug-likeness (QED) is 0.288. The van der Waals surface area contributed by atoms with Gasteiger partial charge in [0.25, 0.3) is 0 Å². The van der Waals surface area contributed by atoms with Crippen molar-refractivity contribution in [3.63, 3.8) is 0 Å².